The highest BCUT2D eigenvalue weighted by atomic mass is 127. The number of aryl methyl sites for hydroxylation is 2. The van der Waals surface area contributed by atoms with Crippen LogP contribution in [0.4, 0.5) is 0 Å². The Morgan fingerprint density at radius 2 is 1.20 bits per heavy atom. The van der Waals surface area contributed by atoms with Gasteiger partial charge in [0.15, 0.2) is 11.3 Å². The zero-order chi connectivity index (χ0) is 31.3. The minimum atomic E-state index is -3.65. The van der Waals surface area contributed by atoms with Crippen LogP contribution in [0, 0.1) is 17.5 Å². The molecule has 5 heterocycles. The third-order valence-corrected chi connectivity index (χ3v) is 11.3. The van der Waals surface area contributed by atoms with E-state index in [1.54, 1.807) is 72.8 Å². The second-order valence-corrected chi connectivity index (χ2v) is 14.4. The van der Waals surface area contributed by atoms with Crippen molar-refractivity contribution in [3.05, 3.63) is 107 Å². The summed E-state index contributed by atoms with van der Waals surface area (Å²) in [4.78, 5) is 16.8. The van der Waals surface area contributed by atoms with Crippen molar-refractivity contribution in [2.75, 3.05) is 13.2 Å². The van der Waals surface area contributed by atoms with Gasteiger partial charge in [-0.3, -0.25) is 0 Å². The summed E-state index contributed by atoms with van der Waals surface area (Å²) >= 11 is 2.00. The van der Waals surface area contributed by atoms with Crippen LogP contribution in [0.15, 0.2) is 101 Å². The van der Waals surface area contributed by atoms with Crippen LogP contribution >= 0.6 is 22.6 Å². The Balaban J connectivity index is 0.000000151. The molecule has 44 heavy (non-hydrogen) atoms. The first-order chi connectivity index (χ1) is 21.1. The van der Waals surface area contributed by atoms with Crippen molar-refractivity contribution >= 4 is 64.7 Å². The predicted octanol–water partition coefficient (Wildman–Crippen LogP) is 5.35. The summed E-state index contributed by atoms with van der Waals surface area (Å²) < 4.78 is 58.5. The van der Waals surface area contributed by atoms with Gasteiger partial charge in [0, 0.05) is 30.2 Å². The average molecular weight is 745 g/mol. The molecule has 1 fully saturated rings. The number of hydrogen-bond donors (Lipinski definition) is 0. The zero-order valence-electron chi connectivity index (χ0n) is 23.9. The van der Waals surface area contributed by atoms with Crippen molar-refractivity contribution < 1.29 is 21.6 Å². The highest BCUT2D eigenvalue weighted by Crippen LogP contribution is 2.26. The molecule has 14 heteroatoms. The number of benzene rings is 2. The lowest BCUT2D eigenvalue weighted by molar-refractivity contribution is 0.198. The molecule has 11 nitrogen and oxygen atoms in total. The lowest BCUT2D eigenvalue weighted by atomic mass is 10.3. The van der Waals surface area contributed by atoms with E-state index in [0.717, 1.165) is 35.4 Å². The Bertz CT molecular complexity index is 2110. The maximum atomic E-state index is 12.7. The normalized spacial score (nSPS) is 13.2. The second kappa shape index (κ2) is 13.5. The van der Waals surface area contributed by atoms with Gasteiger partial charge in [-0.15, -0.1) is 0 Å². The Morgan fingerprint density at radius 3 is 1.75 bits per heavy atom. The molecule has 7 rings (SSSR count). The fourth-order valence-corrected chi connectivity index (χ4v) is 8.48. The minimum absolute atomic E-state index is 0.240. The predicted molar refractivity (Wildman–Crippen MR) is 175 cm³/mol. The van der Waals surface area contributed by atoms with Gasteiger partial charge in [0.05, 0.1) is 24.9 Å². The molecule has 0 aliphatic carbocycles. The molecule has 1 aliphatic rings. The SMILES string of the molecule is C1CCOC1.Cc1ncnc2c1cc(I)n2S(=O)(=O)c1ccccc1.Cc1ncnc2c1ccn2S(=O)(=O)c1ccccc1. The van der Waals surface area contributed by atoms with Crippen LogP contribution in [0.25, 0.3) is 22.1 Å². The van der Waals surface area contributed by atoms with Crippen molar-refractivity contribution in [2.45, 2.75) is 36.5 Å². The smallest absolute Gasteiger partial charge is 0.270 e. The molecule has 0 unspecified atom stereocenters. The minimum Gasteiger partial charge on any atom is -0.381 e. The molecule has 0 atom stereocenters. The van der Waals surface area contributed by atoms with Crippen molar-refractivity contribution in [1.29, 1.82) is 0 Å². The first-order valence-electron chi connectivity index (χ1n) is 13.6. The molecular formula is C30H29IN6O5S2. The summed E-state index contributed by atoms with van der Waals surface area (Å²) in [5.41, 5.74) is 2.32. The highest BCUT2D eigenvalue weighted by Gasteiger charge is 2.23. The van der Waals surface area contributed by atoms with Crippen LogP contribution in [0.1, 0.15) is 24.2 Å². The molecule has 0 amide bonds. The van der Waals surface area contributed by atoms with Crippen LogP contribution in [0.3, 0.4) is 0 Å². The van der Waals surface area contributed by atoms with Crippen LogP contribution < -0.4 is 0 Å². The summed E-state index contributed by atoms with van der Waals surface area (Å²) in [7, 11) is -7.26. The van der Waals surface area contributed by atoms with Gasteiger partial charge in [-0.1, -0.05) is 36.4 Å². The summed E-state index contributed by atoms with van der Waals surface area (Å²) in [6.45, 7) is 5.66. The van der Waals surface area contributed by atoms with Crippen molar-refractivity contribution in [2.24, 2.45) is 0 Å². The number of halogens is 1. The molecule has 0 bridgehead atoms. The van der Waals surface area contributed by atoms with Gasteiger partial charge in [0.2, 0.25) is 0 Å². The second-order valence-electron chi connectivity index (χ2n) is 9.69. The van der Waals surface area contributed by atoms with Gasteiger partial charge < -0.3 is 4.74 Å². The summed E-state index contributed by atoms with van der Waals surface area (Å²) in [5, 5.41) is 1.48. The lowest BCUT2D eigenvalue weighted by Crippen LogP contribution is -2.14. The Kier molecular flexibility index (Phi) is 9.72. The first kappa shape index (κ1) is 31.7. The number of aromatic nitrogens is 6. The van der Waals surface area contributed by atoms with Gasteiger partial charge in [-0.25, -0.2) is 44.7 Å². The Labute approximate surface area is 269 Å². The van der Waals surface area contributed by atoms with E-state index >= 15 is 0 Å². The molecular weight excluding hydrogens is 715 g/mol. The van der Waals surface area contributed by atoms with E-state index in [2.05, 4.69) is 19.9 Å². The van der Waals surface area contributed by atoms with Crippen LogP contribution in [0.2, 0.25) is 0 Å². The zero-order valence-corrected chi connectivity index (χ0v) is 27.7. The molecule has 1 aliphatic heterocycles. The molecule has 0 N–H and O–H groups in total. The monoisotopic (exact) mass is 744 g/mol. The van der Waals surface area contributed by atoms with E-state index in [9.17, 15) is 16.8 Å². The third-order valence-electron chi connectivity index (χ3n) is 6.77. The molecule has 1 saturated heterocycles. The third kappa shape index (κ3) is 6.52. The molecule has 6 aromatic rings. The summed E-state index contributed by atoms with van der Waals surface area (Å²) in [5.74, 6) is 0. The molecule has 2 aromatic carbocycles. The van der Waals surface area contributed by atoms with Gasteiger partial charge >= 0.3 is 0 Å². The van der Waals surface area contributed by atoms with Crippen molar-refractivity contribution in [1.82, 2.24) is 27.9 Å². The molecule has 4 aromatic heterocycles. The standard InChI is InChI=1S/C13H10IN3O2S.C13H11N3O2S.C4H8O/c1-9-11-7-12(14)17(13(11)16-8-15-9)20(18,19)10-5-3-2-4-6-10;1-10-12-7-8-16(13(12)15-9-14-10)19(17,18)11-5-3-2-4-6-11;1-2-4-5-3-1/h2-8H,1H3;2-9H,1H3;1-4H2. The topological polar surface area (TPSA) is 139 Å². The van der Waals surface area contributed by atoms with Crippen LogP contribution in [0.5, 0.6) is 0 Å². The quantitative estimate of drug-likeness (QED) is 0.219. The van der Waals surface area contributed by atoms with E-state index in [1.165, 1.54) is 39.6 Å². The summed E-state index contributed by atoms with van der Waals surface area (Å²) in [6, 6.07) is 20.1. The van der Waals surface area contributed by atoms with Gasteiger partial charge in [0.1, 0.15) is 12.7 Å². The fraction of sp³-hybridized carbons (Fsp3) is 0.200. The maximum absolute atomic E-state index is 12.7. The average Bonchev–Trinajstić information content (AvgIpc) is 3.81. The van der Waals surface area contributed by atoms with Crippen LogP contribution in [-0.4, -0.2) is 57.9 Å². The maximum Gasteiger partial charge on any atom is 0.270 e. The molecule has 228 valence electrons. The van der Waals surface area contributed by atoms with Crippen molar-refractivity contribution in [3.63, 3.8) is 0 Å². The van der Waals surface area contributed by atoms with E-state index in [-0.39, 0.29) is 9.79 Å². The van der Waals surface area contributed by atoms with Gasteiger partial charge in [-0.05, 0) is 85.7 Å². The fourth-order valence-electron chi connectivity index (χ4n) is 4.47. The van der Waals surface area contributed by atoms with E-state index in [0.29, 0.717) is 15.0 Å². The van der Waals surface area contributed by atoms with Gasteiger partial charge in [0.25, 0.3) is 20.0 Å². The van der Waals surface area contributed by atoms with Gasteiger partial charge in [-0.2, -0.15) is 0 Å². The number of hydrogen-bond acceptors (Lipinski definition) is 9. The lowest BCUT2D eigenvalue weighted by Gasteiger charge is -2.08. The highest BCUT2D eigenvalue weighted by molar-refractivity contribution is 14.1. The van der Waals surface area contributed by atoms with Crippen molar-refractivity contribution in [3.8, 4) is 0 Å². The number of fused-ring (bicyclic) bond motifs is 2. The number of nitrogens with zero attached hydrogens (tertiary/aromatic N) is 6. The number of ether oxygens (including phenoxy) is 1. The molecule has 0 saturated carbocycles. The molecule has 0 spiro atoms. The molecule has 0 radical (unpaired) electrons. The Morgan fingerprint density at radius 1 is 0.682 bits per heavy atom. The Hall–Kier alpha value is -3.73. The first-order valence-corrected chi connectivity index (χ1v) is 17.5. The van der Waals surface area contributed by atoms with E-state index in [4.69, 9.17) is 4.74 Å². The summed E-state index contributed by atoms with van der Waals surface area (Å²) in [6.07, 6.45) is 6.81. The van der Waals surface area contributed by atoms with Crippen LogP contribution in [-0.2, 0) is 24.8 Å². The van der Waals surface area contributed by atoms with E-state index < -0.39 is 20.0 Å². The number of rotatable bonds is 4. The van der Waals surface area contributed by atoms with E-state index in [1.807, 2.05) is 36.4 Å². The largest absolute Gasteiger partial charge is 0.381 e.